The van der Waals surface area contributed by atoms with Crippen LogP contribution in [0.3, 0.4) is 0 Å². The monoisotopic (exact) mass is 293 g/mol. The van der Waals surface area contributed by atoms with E-state index in [2.05, 4.69) is 63.5 Å². The van der Waals surface area contributed by atoms with Crippen LogP contribution < -0.4 is 5.32 Å². The van der Waals surface area contributed by atoms with Crippen molar-refractivity contribution >= 4 is 11.8 Å². The van der Waals surface area contributed by atoms with Gasteiger partial charge < -0.3 is 5.32 Å². The van der Waals surface area contributed by atoms with Crippen LogP contribution in [0.25, 0.3) is 0 Å². The third kappa shape index (κ3) is 5.49. The summed E-state index contributed by atoms with van der Waals surface area (Å²) in [4.78, 5) is 0. The number of rotatable bonds is 9. The molecule has 0 saturated heterocycles. The lowest BCUT2D eigenvalue weighted by atomic mass is 10.0. The Morgan fingerprint density at radius 1 is 1.25 bits per heavy atom. The third-order valence-corrected chi connectivity index (χ3v) is 6.03. The standard InChI is InChI=1S/C18H31NS/c1-6-18(7-2,20-5)14-19-16(4)11-12-17-10-8-9-15(3)13-17/h8-10,13,16,19H,6-7,11-12,14H2,1-5H3. The van der Waals surface area contributed by atoms with E-state index >= 15 is 0 Å². The number of nitrogens with one attached hydrogen (secondary N) is 1. The Hall–Kier alpha value is -0.470. The maximum atomic E-state index is 3.74. The predicted octanol–water partition coefficient (Wildman–Crippen LogP) is 4.83. The van der Waals surface area contributed by atoms with Crippen molar-refractivity contribution in [3.05, 3.63) is 35.4 Å². The number of hydrogen-bond acceptors (Lipinski definition) is 2. The molecule has 1 atom stereocenters. The first kappa shape index (κ1) is 17.6. The number of thioether (sulfide) groups is 1. The van der Waals surface area contributed by atoms with Crippen LogP contribution >= 0.6 is 11.8 Å². The highest BCUT2D eigenvalue weighted by molar-refractivity contribution is 8.00. The van der Waals surface area contributed by atoms with Crippen LogP contribution in [-0.4, -0.2) is 23.6 Å². The van der Waals surface area contributed by atoms with Crippen molar-refractivity contribution in [3.8, 4) is 0 Å². The van der Waals surface area contributed by atoms with Crippen molar-refractivity contribution in [2.45, 2.75) is 64.2 Å². The second kappa shape index (κ2) is 8.74. The van der Waals surface area contributed by atoms with E-state index in [9.17, 15) is 0 Å². The minimum Gasteiger partial charge on any atom is -0.313 e. The molecule has 1 unspecified atom stereocenters. The summed E-state index contributed by atoms with van der Waals surface area (Å²) in [6, 6.07) is 9.46. The predicted molar refractivity (Wildman–Crippen MR) is 93.8 cm³/mol. The fraction of sp³-hybridized carbons (Fsp3) is 0.667. The Bertz CT molecular complexity index is 376. The SMILES string of the molecule is CCC(CC)(CNC(C)CCc1cccc(C)c1)SC. The van der Waals surface area contributed by atoms with Gasteiger partial charge in [-0.3, -0.25) is 0 Å². The van der Waals surface area contributed by atoms with E-state index in [0.717, 1.165) is 6.54 Å². The molecule has 0 aromatic heterocycles. The van der Waals surface area contributed by atoms with Gasteiger partial charge in [0, 0.05) is 17.3 Å². The lowest BCUT2D eigenvalue weighted by Gasteiger charge is -2.31. The summed E-state index contributed by atoms with van der Waals surface area (Å²) in [5.41, 5.74) is 2.82. The van der Waals surface area contributed by atoms with Gasteiger partial charge in [-0.25, -0.2) is 0 Å². The van der Waals surface area contributed by atoms with E-state index in [1.807, 2.05) is 11.8 Å². The van der Waals surface area contributed by atoms with Crippen LogP contribution in [0, 0.1) is 6.92 Å². The Morgan fingerprint density at radius 3 is 2.50 bits per heavy atom. The van der Waals surface area contributed by atoms with Gasteiger partial charge in [-0.1, -0.05) is 43.7 Å². The van der Waals surface area contributed by atoms with E-state index in [1.54, 1.807) is 0 Å². The van der Waals surface area contributed by atoms with Crippen molar-refractivity contribution in [1.29, 1.82) is 0 Å². The summed E-state index contributed by atoms with van der Waals surface area (Å²) in [6.07, 6.45) is 7.10. The van der Waals surface area contributed by atoms with Crippen molar-refractivity contribution in [2.24, 2.45) is 0 Å². The van der Waals surface area contributed by atoms with Crippen LogP contribution in [0.4, 0.5) is 0 Å². The molecular formula is C18H31NS. The minimum absolute atomic E-state index is 0.414. The minimum atomic E-state index is 0.414. The number of aryl methyl sites for hydroxylation is 2. The molecular weight excluding hydrogens is 262 g/mol. The average Bonchev–Trinajstić information content (AvgIpc) is 2.47. The first-order valence-electron chi connectivity index (χ1n) is 7.89. The van der Waals surface area contributed by atoms with E-state index in [0.29, 0.717) is 10.8 Å². The van der Waals surface area contributed by atoms with Gasteiger partial charge in [0.05, 0.1) is 0 Å². The Kier molecular flexibility index (Phi) is 7.68. The zero-order valence-corrected chi connectivity index (χ0v) is 14.6. The van der Waals surface area contributed by atoms with Crippen LogP contribution in [0.15, 0.2) is 24.3 Å². The number of benzene rings is 1. The zero-order valence-electron chi connectivity index (χ0n) is 13.8. The van der Waals surface area contributed by atoms with E-state index in [-0.39, 0.29) is 0 Å². The summed E-state index contributed by atoms with van der Waals surface area (Å²) in [5, 5.41) is 3.74. The highest BCUT2D eigenvalue weighted by atomic mass is 32.2. The fourth-order valence-electron chi connectivity index (χ4n) is 2.57. The molecule has 0 amide bonds. The normalized spacial score (nSPS) is 13.4. The molecule has 1 N–H and O–H groups in total. The van der Waals surface area contributed by atoms with Crippen molar-refractivity contribution in [1.82, 2.24) is 5.32 Å². The van der Waals surface area contributed by atoms with Crippen LogP contribution in [-0.2, 0) is 6.42 Å². The molecule has 0 bridgehead atoms. The summed E-state index contributed by atoms with van der Waals surface area (Å²) >= 11 is 2.01. The molecule has 20 heavy (non-hydrogen) atoms. The topological polar surface area (TPSA) is 12.0 Å². The Labute approximate surface area is 129 Å². The lowest BCUT2D eigenvalue weighted by Crippen LogP contribution is -2.40. The maximum absolute atomic E-state index is 3.74. The molecule has 1 rings (SSSR count). The smallest absolute Gasteiger partial charge is 0.0276 e. The van der Waals surface area contributed by atoms with Gasteiger partial charge in [-0.05, 0) is 51.3 Å². The summed E-state index contributed by atoms with van der Waals surface area (Å²) in [5.74, 6) is 0. The van der Waals surface area contributed by atoms with E-state index < -0.39 is 0 Å². The molecule has 1 nitrogen and oxygen atoms in total. The molecule has 0 aliphatic rings. The van der Waals surface area contributed by atoms with Crippen LogP contribution in [0.5, 0.6) is 0 Å². The summed E-state index contributed by atoms with van der Waals surface area (Å²) in [6.45, 7) is 10.2. The molecule has 0 aliphatic carbocycles. The van der Waals surface area contributed by atoms with Gasteiger partial charge in [-0.15, -0.1) is 0 Å². The van der Waals surface area contributed by atoms with Crippen molar-refractivity contribution < 1.29 is 0 Å². The van der Waals surface area contributed by atoms with Gasteiger partial charge in [-0.2, -0.15) is 11.8 Å². The molecule has 1 aromatic rings. The van der Waals surface area contributed by atoms with Gasteiger partial charge >= 0.3 is 0 Å². The van der Waals surface area contributed by atoms with E-state index in [1.165, 1.54) is 36.8 Å². The molecule has 1 aromatic carbocycles. The van der Waals surface area contributed by atoms with Gasteiger partial charge in [0.25, 0.3) is 0 Å². The second-order valence-corrected chi connectivity index (χ2v) is 7.18. The number of hydrogen-bond donors (Lipinski definition) is 1. The van der Waals surface area contributed by atoms with Crippen molar-refractivity contribution in [2.75, 3.05) is 12.8 Å². The van der Waals surface area contributed by atoms with Gasteiger partial charge in [0.1, 0.15) is 0 Å². The molecule has 0 aliphatic heterocycles. The summed E-state index contributed by atoms with van der Waals surface area (Å²) in [7, 11) is 0. The Morgan fingerprint density at radius 2 is 1.95 bits per heavy atom. The highest BCUT2D eigenvalue weighted by Gasteiger charge is 2.24. The Balaban J connectivity index is 2.38. The molecule has 0 heterocycles. The first-order chi connectivity index (χ1) is 9.55. The highest BCUT2D eigenvalue weighted by Crippen LogP contribution is 2.29. The van der Waals surface area contributed by atoms with Crippen LogP contribution in [0.1, 0.15) is 51.2 Å². The average molecular weight is 294 g/mol. The molecule has 0 fully saturated rings. The molecule has 2 heteroatoms. The molecule has 114 valence electrons. The van der Waals surface area contributed by atoms with Crippen molar-refractivity contribution in [3.63, 3.8) is 0 Å². The van der Waals surface area contributed by atoms with Crippen LogP contribution in [0.2, 0.25) is 0 Å². The molecule has 0 saturated carbocycles. The largest absolute Gasteiger partial charge is 0.313 e. The quantitative estimate of drug-likeness (QED) is 0.700. The zero-order chi connectivity index (χ0) is 15.0. The fourth-order valence-corrected chi connectivity index (χ4v) is 3.38. The molecule has 0 spiro atoms. The first-order valence-corrected chi connectivity index (χ1v) is 9.11. The third-order valence-electron chi connectivity index (χ3n) is 4.44. The maximum Gasteiger partial charge on any atom is 0.0276 e. The second-order valence-electron chi connectivity index (χ2n) is 5.90. The van der Waals surface area contributed by atoms with E-state index in [4.69, 9.17) is 0 Å². The van der Waals surface area contributed by atoms with Gasteiger partial charge in [0.2, 0.25) is 0 Å². The molecule has 0 radical (unpaired) electrons. The lowest BCUT2D eigenvalue weighted by molar-refractivity contribution is 0.439. The van der Waals surface area contributed by atoms with Gasteiger partial charge in [0.15, 0.2) is 0 Å². The summed E-state index contributed by atoms with van der Waals surface area (Å²) < 4.78 is 0.414.